The standard InChI is InChI=1S/C21H21Cl2N3O4/c22-14-9-15(23)11-16(10-14)24-20(27)13-26-12-19(21(28)25-5-7-29-8-6-25)30-18-4-2-1-3-17(18)26/h1-4,9-11,19H,5-8,12-13H2,(H,24,27). The number of nitrogens with zero attached hydrogens (tertiary/aromatic N) is 2. The van der Waals surface area contributed by atoms with Crippen LogP contribution in [0.25, 0.3) is 0 Å². The molecule has 9 heteroatoms. The molecule has 2 aromatic rings. The first-order valence-corrected chi connectivity index (χ1v) is 10.4. The van der Waals surface area contributed by atoms with Crippen molar-refractivity contribution in [2.75, 3.05) is 49.6 Å². The number of anilines is 2. The summed E-state index contributed by atoms with van der Waals surface area (Å²) in [5.41, 5.74) is 1.28. The summed E-state index contributed by atoms with van der Waals surface area (Å²) in [4.78, 5) is 29.2. The van der Waals surface area contributed by atoms with E-state index in [1.54, 1.807) is 29.2 Å². The lowest BCUT2D eigenvalue weighted by Gasteiger charge is -2.38. The molecule has 0 saturated carbocycles. The highest BCUT2D eigenvalue weighted by Crippen LogP contribution is 2.33. The van der Waals surface area contributed by atoms with Gasteiger partial charge < -0.3 is 24.6 Å². The molecule has 1 atom stereocenters. The van der Waals surface area contributed by atoms with Gasteiger partial charge in [-0.2, -0.15) is 0 Å². The molecule has 2 aromatic carbocycles. The maximum Gasteiger partial charge on any atom is 0.265 e. The van der Waals surface area contributed by atoms with Crippen molar-refractivity contribution in [3.8, 4) is 5.75 Å². The molecular weight excluding hydrogens is 429 g/mol. The molecule has 2 aliphatic rings. The van der Waals surface area contributed by atoms with E-state index in [0.717, 1.165) is 5.69 Å². The first-order valence-electron chi connectivity index (χ1n) is 9.63. The largest absolute Gasteiger partial charge is 0.477 e. The van der Waals surface area contributed by atoms with Crippen LogP contribution in [0.4, 0.5) is 11.4 Å². The van der Waals surface area contributed by atoms with E-state index in [-0.39, 0.29) is 24.9 Å². The van der Waals surface area contributed by atoms with Gasteiger partial charge in [0, 0.05) is 28.8 Å². The fourth-order valence-corrected chi connectivity index (χ4v) is 4.10. The number of morpholine rings is 1. The molecule has 0 spiro atoms. The second-order valence-electron chi connectivity index (χ2n) is 7.10. The van der Waals surface area contributed by atoms with Crippen LogP contribution in [0, 0.1) is 0 Å². The lowest BCUT2D eigenvalue weighted by Crippen LogP contribution is -2.53. The molecule has 0 radical (unpaired) electrons. The van der Waals surface area contributed by atoms with Gasteiger partial charge in [0.1, 0.15) is 5.75 Å². The van der Waals surface area contributed by atoms with Crippen LogP contribution in [-0.4, -0.2) is 62.2 Å². The number of carbonyl (C=O) groups excluding carboxylic acids is 2. The van der Waals surface area contributed by atoms with Gasteiger partial charge in [-0.05, 0) is 30.3 Å². The number of ether oxygens (including phenoxy) is 2. The predicted octanol–water partition coefficient (Wildman–Crippen LogP) is 3.06. The van der Waals surface area contributed by atoms with Crippen LogP contribution in [0.5, 0.6) is 5.75 Å². The Hall–Kier alpha value is -2.48. The van der Waals surface area contributed by atoms with E-state index >= 15 is 0 Å². The minimum absolute atomic E-state index is 0.0530. The maximum atomic E-state index is 12.9. The highest BCUT2D eigenvalue weighted by atomic mass is 35.5. The Morgan fingerprint density at radius 1 is 1.07 bits per heavy atom. The van der Waals surface area contributed by atoms with Crippen LogP contribution in [0.3, 0.4) is 0 Å². The number of carbonyl (C=O) groups is 2. The van der Waals surface area contributed by atoms with E-state index in [1.807, 2.05) is 23.1 Å². The van der Waals surface area contributed by atoms with Crippen molar-refractivity contribution >= 4 is 46.4 Å². The van der Waals surface area contributed by atoms with Crippen LogP contribution in [0.1, 0.15) is 0 Å². The zero-order valence-corrected chi connectivity index (χ0v) is 17.7. The van der Waals surface area contributed by atoms with Crippen LogP contribution >= 0.6 is 23.2 Å². The number of nitrogens with one attached hydrogen (secondary N) is 1. The highest BCUT2D eigenvalue weighted by molar-refractivity contribution is 6.35. The normalized spacial score (nSPS) is 18.4. The van der Waals surface area contributed by atoms with Gasteiger partial charge in [-0.15, -0.1) is 0 Å². The van der Waals surface area contributed by atoms with E-state index in [0.29, 0.717) is 47.8 Å². The Labute approximate surface area is 184 Å². The number of amides is 2. The third-order valence-electron chi connectivity index (χ3n) is 4.94. The summed E-state index contributed by atoms with van der Waals surface area (Å²) in [6.45, 7) is 2.44. The zero-order chi connectivity index (χ0) is 21.1. The number of fused-ring (bicyclic) bond motifs is 1. The number of benzene rings is 2. The molecule has 2 amide bonds. The number of rotatable bonds is 4. The summed E-state index contributed by atoms with van der Waals surface area (Å²) in [7, 11) is 0. The van der Waals surface area contributed by atoms with Gasteiger partial charge >= 0.3 is 0 Å². The minimum atomic E-state index is -0.689. The fraction of sp³-hybridized carbons (Fsp3) is 0.333. The zero-order valence-electron chi connectivity index (χ0n) is 16.1. The van der Waals surface area contributed by atoms with Crippen molar-refractivity contribution in [3.05, 3.63) is 52.5 Å². The van der Waals surface area contributed by atoms with Crippen LogP contribution in [0.15, 0.2) is 42.5 Å². The predicted molar refractivity (Wildman–Crippen MR) is 116 cm³/mol. The fourth-order valence-electron chi connectivity index (χ4n) is 3.57. The van der Waals surface area contributed by atoms with Crippen molar-refractivity contribution in [2.45, 2.75) is 6.10 Å². The molecule has 30 heavy (non-hydrogen) atoms. The SMILES string of the molecule is O=C(CN1CC(C(=O)N2CCOCC2)Oc2ccccc21)Nc1cc(Cl)cc(Cl)c1. The van der Waals surface area contributed by atoms with Gasteiger partial charge in [0.15, 0.2) is 6.10 Å². The number of hydrogen-bond acceptors (Lipinski definition) is 5. The molecular formula is C21H21Cl2N3O4. The summed E-state index contributed by atoms with van der Waals surface area (Å²) in [5, 5.41) is 3.68. The van der Waals surface area contributed by atoms with Crippen LogP contribution < -0.4 is 15.0 Å². The number of halogens is 2. The Morgan fingerprint density at radius 2 is 1.77 bits per heavy atom. The van der Waals surface area contributed by atoms with E-state index < -0.39 is 6.10 Å². The van der Waals surface area contributed by atoms with Gasteiger partial charge in [-0.3, -0.25) is 9.59 Å². The average Bonchev–Trinajstić information content (AvgIpc) is 2.73. The molecule has 1 fully saturated rings. The van der Waals surface area contributed by atoms with Crippen molar-refractivity contribution in [1.29, 1.82) is 0 Å². The van der Waals surface area contributed by atoms with Crippen molar-refractivity contribution in [2.24, 2.45) is 0 Å². The van der Waals surface area contributed by atoms with E-state index in [4.69, 9.17) is 32.7 Å². The van der Waals surface area contributed by atoms with Crippen LogP contribution in [-0.2, 0) is 14.3 Å². The molecule has 0 aromatic heterocycles. The summed E-state index contributed by atoms with van der Waals surface area (Å²) in [6, 6.07) is 12.2. The minimum Gasteiger partial charge on any atom is -0.477 e. The molecule has 0 bridgehead atoms. The second-order valence-corrected chi connectivity index (χ2v) is 7.97. The molecule has 1 saturated heterocycles. The molecule has 2 heterocycles. The van der Waals surface area contributed by atoms with Crippen molar-refractivity contribution in [3.63, 3.8) is 0 Å². The van der Waals surface area contributed by atoms with Crippen molar-refractivity contribution in [1.82, 2.24) is 4.90 Å². The summed E-state index contributed by atoms with van der Waals surface area (Å²) >= 11 is 12.0. The Morgan fingerprint density at radius 3 is 2.50 bits per heavy atom. The molecule has 0 aliphatic carbocycles. The molecule has 1 N–H and O–H groups in total. The van der Waals surface area contributed by atoms with Gasteiger partial charge in [0.25, 0.3) is 5.91 Å². The monoisotopic (exact) mass is 449 g/mol. The second kappa shape index (κ2) is 9.12. The summed E-state index contributed by atoms with van der Waals surface area (Å²) in [5.74, 6) is 0.233. The first-order chi connectivity index (χ1) is 14.5. The highest BCUT2D eigenvalue weighted by Gasteiger charge is 2.34. The number of para-hydroxylation sites is 2. The van der Waals surface area contributed by atoms with Gasteiger partial charge in [0.2, 0.25) is 5.91 Å². The molecule has 1 unspecified atom stereocenters. The summed E-state index contributed by atoms with van der Waals surface area (Å²) in [6.07, 6.45) is -0.689. The molecule has 4 rings (SSSR count). The Balaban J connectivity index is 1.49. The molecule has 2 aliphatic heterocycles. The van der Waals surface area contributed by atoms with E-state index in [2.05, 4.69) is 5.32 Å². The first kappa shape index (κ1) is 20.8. The van der Waals surface area contributed by atoms with Crippen LogP contribution in [0.2, 0.25) is 10.0 Å². The summed E-state index contributed by atoms with van der Waals surface area (Å²) < 4.78 is 11.3. The van der Waals surface area contributed by atoms with Gasteiger partial charge in [-0.1, -0.05) is 35.3 Å². The maximum absolute atomic E-state index is 12.9. The molecule has 158 valence electrons. The lowest BCUT2D eigenvalue weighted by molar-refractivity contribution is -0.142. The lowest BCUT2D eigenvalue weighted by atomic mass is 10.1. The number of hydrogen-bond donors (Lipinski definition) is 1. The van der Waals surface area contributed by atoms with Gasteiger partial charge in [-0.25, -0.2) is 0 Å². The Kier molecular flexibility index (Phi) is 6.32. The third-order valence-corrected chi connectivity index (χ3v) is 5.38. The quantitative estimate of drug-likeness (QED) is 0.776. The molecule has 7 nitrogen and oxygen atoms in total. The topological polar surface area (TPSA) is 71.1 Å². The third kappa shape index (κ3) is 4.80. The van der Waals surface area contributed by atoms with E-state index in [1.165, 1.54) is 0 Å². The Bertz CT molecular complexity index is 929. The average molecular weight is 450 g/mol. The van der Waals surface area contributed by atoms with Crippen molar-refractivity contribution < 1.29 is 19.1 Å². The van der Waals surface area contributed by atoms with Gasteiger partial charge in [0.05, 0.1) is 32.0 Å². The smallest absolute Gasteiger partial charge is 0.265 e. The van der Waals surface area contributed by atoms with E-state index in [9.17, 15) is 9.59 Å².